The molecule has 2 N–H and O–H groups in total. The molecule has 0 amide bonds. The molecule has 0 atom stereocenters. The van der Waals surface area contributed by atoms with Gasteiger partial charge in [-0.25, -0.2) is 4.98 Å². The number of alkyl halides is 3. The van der Waals surface area contributed by atoms with Crippen molar-refractivity contribution >= 4 is 11.4 Å². The number of imidazole rings is 1. The van der Waals surface area contributed by atoms with Gasteiger partial charge in [0.05, 0.1) is 22.5 Å². The van der Waals surface area contributed by atoms with Gasteiger partial charge in [-0.05, 0) is 6.07 Å². The number of hydrogen-bond acceptors (Lipinski definition) is 4. The lowest BCUT2D eigenvalue weighted by atomic mass is 10.1. The summed E-state index contributed by atoms with van der Waals surface area (Å²) in [4.78, 5) is 13.3. The lowest BCUT2D eigenvalue weighted by molar-refractivity contribution is -0.384. The molecule has 9 heteroatoms. The van der Waals surface area contributed by atoms with Crippen molar-refractivity contribution in [2.75, 3.05) is 5.73 Å². The van der Waals surface area contributed by atoms with Gasteiger partial charge in [0, 0.05) is 18.5 Å². The van der Waals surface area contributed by atoms with Crippen molar-refractivity contribution in [1.29, 1.82) is 0 Å². The number of nitrogens with zero attached hydrogens (tertiary/aromatic N) is 3. The smallest absolute Gasteiger partial charge is 0.393 e. The highest BCUT2D eigenvalue weighted by molar-refractivity contribution is 5.66. The minimum absolute atomic E-state index is 0.312. The van der Waals surface area contributed by atoms with E-state index in [1.54, 1.807) is 0 Å². The Morgan fingerprint density at radius 2 is 2.05 bits per heavy atom. The summed E-state index contributed by atoms with van der Waals surface area (Å²) < 4.78 is 39.8. The van der Waals surface area contributed by atoms with Crippen LogP contribution in [0.15, 0.2) is 30.9 Å². The summed E-state index contributed by atoms with van der Waals surface area (Å²) in [6.45, 7) is 0. The van der Waals surface area contributed by atoms with Crippen molar-refractivity contribution in [2.45, 2.75) is 6.18 Å². The summed E-state index contributed by atoms with van der Waals surface area (Å²) in [7, 11) is 0. The van der Waals surface area contributed by atoms with Gasteiger partial charge in [-0.2, -0.15) is 13.2 Å². The Bertz CT molecular complexity index is 622. The number of hydrogen-bond donors (Lipinski definition) is 1. The molecule has 0 unspecified atom stereocenters. The predicted molar refractivity (Wildman–Crippen MR) is 59.6 cm³/mol. The van der Waals surface area contributed by atoms with Crippen LogP contribution in [0.5, 0.6) is 0 Å². The van der Waals surface area contributed by atoms with E-state index in [-0.39, 0.29) is 11.4 Å². The molecule has 0 aliphatic carbocycles. The summed E-state index contributed by atoms with van der Waals surface area (Å²) >= 11 is 0. The van der Waals surface area contributed by atoms with Gasteiger partial charge < -0.3 is 10.3 Å². The van der Waals surface area contributed by atoms with Crippen molar-refractivity contribution in [3.05, 3.63) is 46.5 Å². The third-order valence-electron chi connectivity index (χ3n) is 2.43. The molecule has 1 aromatic carbocycles. The van der Waals surface area contributed by atoms with Crippen LogP contribution in [-0.4, -0.2) is 14.5 Å². The maximum atomic E-state index is 12.9. The first-order valence-corrected chi connectivity index (χ1v) is 4.94. The highest BCUT2D eigenvalue weighted by Crippen LogP contribution is 2.38. The third kappa shape index (κ3) is 2.34. The van der Waals surface area contributed by atoms with Gasteiger partial charge >= 0.3 is 6.18 Å². The summed E-state index contributed by atoms with van der Waals surface area (Å²) in [5.41, 5.74) is 2.81. The molecule has 6 nitrogen and oxygen atoms in total. The molecule has 2 rings (SSSR count). The molecule has 2 aromatic rings. The number of nitro benzene ring substituents is 1. The number of halogens is 3. The van der Waals surface area contributed by atoms with E-state index in [1.807, 2.05) is 0 Å². The second-order valence-electron chi connectivity index (χ2n) is 3.65. The van der Waals surface area contributed by atoms with Gasteiger partial charge in [-0.1, -0.05) is 0 Å². The Hall–Kier alpha value is -2.58. The van der Waals surface area contributed by atoms with Gasteiger partial charge in [-0.3, -0.25) is 10.1 Å². The minimum atomic E-state index is -4.74. The molecule has 1 aromatic heterocycles. The zero-order valence-corrected chi connectivity index (χ0v) is 9.26. The Morgan fingerprint density at radius 1 is 1.37 bits per heavy atom. The molecule has 0 fully saturated rings. The number of aromatic nitrogens is 2. The summed E-state index contributed by atoms with van der Waals surface area (Å²) in [5, 5.41) is 10.6. The number of rotatable bonds is 2. The molecule has 1 heterocycles. The van der Waals surface area contributed by atoms with Crippen molar-refractivity contribution in [1.82, 2.24) is 9.55 Å². The van der Waals surface area contributed by atoms with Gasteiger partial charge in [-0.15, -0.1) is 0 Å². The van der Waals surface area contributed by atoms with Crippen molar-refractivity contribution in [2.24, 2.45) is 0 Å². The zero-order chi connectivity index (χ0) is 14.2. The molecule has 0 radical (unpaired) electrons. The summed E-state index contributed by atoms with van der Waals surface area (Å²) in [5.74, 6) is 0. The molecule has 0 aliphatic rings. The van der Waals surface area contributed by atoms with Gasteiger partial charge in [0.15, 0.2) is 0 Å². The average Bonchev–Trinajstić information content (AvgIpc) is 2.79. The summed E-state index contributed by atoms with van der Waals surface area (Å²) in [6.07, 6.45) is -1.01. The Morgan fingerprint density at radius 3 is 2.53 bits per heavy atom. The molecular formula is C10H7F3N4O2. The lowest BCUT2D eigenvalue weighted by Crippen LogP contribution is -2.12. The second-order valence-corrected chi connectivity index (χ2v) is 3.65. The second kappa shape index (κ2) is 4.26. The van der Waals surface area contributed by atoms with Crippen molar-refractivity contribution in [3.63, 3.8) is 0 Å². The lowest BCUT2D eigenvalue weighted by Gasteiger charge is -2.14. The maximum Gasteiger partial charge on any atom is 0.418 e. The van der Waals surface area contributed by atoms with Crippen LogP contribution in [0.2, 0.25) is 0 Å². The number of nitrogens with two attached hydrogens (primary N) is 1. The van der Waals surface area contributed by atoms with Crippen LogP contribution in [0.3, 0.4) is 0 Å². The number of benzene rings is 1. The molecule has 0 aliphatic heterocycles. The van der Waals surface area contributed by atoms with Gasteiger partial charge in [0.25, 0.3) is 5.69 Å². The zero-order valence-electron chi connectivity index (χ0n) is 9.26. The molecule has 19 heavy (non-hydrogen) atoms. The first kappa shape index (κ1) is 12.9. The van der Waals surface area contributed by atoms with Crippen LogP contribution in [0.25, 0.3) is 5.69 Å². The fraction of sp³-hybridized carbons (Fsp3) is 0.100. The van der Waals surface area contributed by atoms with Crippen molar-refractivity contribution < 1.29 is 18.1 Å². The van der Waals surface area contributed by atoms with E-state index in [0.717, 1.165) is 17.0 Å². The van der Waals surface area contributed by atoms with Crippen LogP contribution in [0, 0.1) is 10.1 Å². The molecule has 0 saturated carbocycles. The van der Waals surface area contributed by atoms with Crippen LogP contribution < -0.4 is 5.73 Å². The van der Waals surface area contributed by atoms with E-state index in [2.05, 4.69) is 4.98 Å². The van der Waals surface area contributed by atoms with Crippen LogP contribution in [0.1, 0.15) is 5.56 Å². The van der Waals surface area contributed by atoms with E-state index < -0.39 is 22.4 Å². The monoisotopic (exact) mass is 272 g/mol. The number of anilines is 1. The standard InChI is InChI=1S/C10H7F3N4O2/c11-10(12,13)6-3-9(17(18)19)7(14)4-8(6)16-2-1-15-5-16/h1-5H,14H2. The first-order chi connectivity index (χ1) is 8.80. The Balaban J connectivity index is 2.73. The fourth-order valence-corrected chi connectivity index (χ4v) is 1.59. The Kier molecular flexibility index (Phi) is 2.89. The first-order valence-electron chi connectivity index (χ1n) is 4.94. The average molecular weight is 272 g/mol. The topological polar surface area (TPSA) is 87.0 Å². The maximum absolute atomic E-state index is 12.9. The largest absolute Gasteiger partial charge is 0.418 e. The highest BCUT2D eigenvalue weighted by atomic mass is 19.4. The SMILES string of the molecule is Nc1cc(-n2ccnc2)c(C(F)(F)F)cc1[N+](=O)[O-]. The molecule has 0 bridgehead atoms. The summed E-state index contributed by atoms with van der Waals surface area (Å²) in [6, 6.07) is 1.33. The number of nitrogen functional groups attached to an aromatic ring is 1. The molecule has 100 valence electrons. The quantitative estimate of drug-likeness (QED) is 0.516. The number of nitro groups is 1. The molecule has 0 saturated heterocycles. The van der Waals surface area contributed by atoms with Crippen LogP contribution in [0.4, 0.5) is 24.5 Å². The van der Waals surface area contributed by atoms with E-state index in [4.69, 9.17) is 5.73 Å². The highest BCUT2D eigenvalue weighted by Gasteiger charge is 2.36. The van der Waals surface area contributed by atoms with Gasteiger partial charge in [0.2, 0.25) is 0 Å². The fourth-order valence-electron chi connectivity index (χ4n) is 1.59. The minimum Gasteiger partial charge on any atom is -0.393 e. The third-order valence-corrected chi connectivity index (χ3v) is 2.43. The predicted octanol–water partition coefficient (Wildman–Crippen LogP) is 2.38. The van der Waals surface area contributed by atoms with E-state index >= 15 is 0 Å². The van der Waals surface area contributed by atoms with E-state index in [0.29, 0.717) is 6.07 Å². The van der Waals surface area contributed by atoms with Gasteiger partial charge in [0.1, 0.15) is 5.69 Å². The normalized spacial score (nSPS) is 11.5. The Labute approximate surface area is 104 Å². The van der Waals surface area contributed by atoms with Crippen molar-refractivity contribution in [3.8, 4) is 5.69 Å². The van der Waals surface area contributed by atoms with Crippen LogP contribution in [-0.2, 0) is 6.18 Å². The molecular weight excluding hydrogens is 265 g/mol. The molecule has 0 spiro atoms. The van der Waals surface area contributed by atoms with E-state index in [9.17, 15) is 23.3 Å². The van der Waals surface area contributed by atoms with Crippen LogP contribution >= 0.6 is 0 Å². The van der Waals surface area contributed by atoms with E-state index in [1.165, 1.54) is 12.4 Å².